The third-order valence-electron chi connectivity index (χ3n) is 16.3. The number of amides is 1. The molecule has 12 rings (SSSR count). The van der Waals surface area contributed by atoms with Gasteiger partial charge in [-0.25, -0.2) is 23.1 Å². The summed E-state index contributed by atoms with van der Waals surface area (Å²) in [6.45, 7) is 12.7. The molecule has 8 aromatic rings. The average molecular weight is 951 g/mol. The van der Waals surface area contributed by atoms with E-state index in [1.54, 1.807) is 66.9 Å². The van der Waals surface area contributed by atoms with Crippen molar-refractivity contribution in [3.8, 4) is 17.2 Å². The zero-order valence-corrected chi connectivity index (χ0v) is 40.5. The van der Waals surface area contributed by atoms with E-state index in [1.165, 1.54) is 20.9 Å². The Hall–Kier alpha value is -6.88. The van der Waals surface area contributed by atoms with Crippen LogP contribution in [0.1, 0.15) is 135 Å². The summed E-state index contributed by atoms with van der Waals surface area (Å²) in [6.07, 6.45) is 11.3. The normalized spacial score (nSPS) is 22.9. The van der Waals surface area contributed by atoms with E-state index < -0.39 is 34.3 Å². The lowest BCUT2D eigenvalue weighted by molar-refractivity contribution is -0.0592. The number of aromatic nitrogens is 9. The highest BCUT2D eigenvalue weighted by molar-refractivity contribution is 6.00. The lowest BCUT2D eigenvalue weighted by atomic mass is 9.67. The smallest absolute Gasteiger partial charge is 0.376 e. The third kappa shape index (κ3) is 6.52. The van der Waals surface area contributed by atoms with Crippen molar-refractivity contribution in [3.05, 3.63) is 139 Å². The number of imidazole rings is 1. The Morgan fingerprint density at radius 2 is 1.63 bits per heavy atom. The highest BCUT2D eigenvalue weighted by Gasteiger charge is 2.59. The Bertz CT molecular complexity index is 3560. The first-order chi connectivity index (χ1) is 33.5. The van der Waals surface area contributed by atoms with E-state index >= 15 is 18.4 Å². The average Bonchev–Trinajstić information content (AvgIpc) is 3.98. The summed E-state index contributed by atoms with van der Waals surface area (Å²) in [5.41, 5.74) is 3.65. The zero-order valence-electron chi connectivity index (χ0n) is 40.5. The maximum absolute atomic E-state index is 16.4. The summed E-state index contributed by atoms with van der Waals surface area (Å²) in [6, 6.07) is 14.5. The Kier molecular flexibility index (Phi) is 9.86. The van der Waals surface area contributed by atoms with Crippen LogP contribution < -0.4 is 11.4 Å². The Morgan fingerprint density at radius 3 is 2.33 bits per heavy atom. The number of fused-ring (bicyclic) bond motifs is 4. The number of hydrogen-bond donors (Lipinski definition) is 1. The summed E-state index contributed by atoms with van der Waals surface area (Å²) in [7, 11) is 1.73. The minimum Gasteiger partial charge on any atom is -0.376 e. The van der Waals surface area contributed by atoms with Gasteiger partial charge in [0.1, 0.15) is 22.9 Å². The van der Waals surface area contributed by atoms with Crippen molar-refractivity contribution < 1.29 is 22.8 Å². The lowest BCUT2D eigenvalue weighted by Crippen LogP contribution is -2.51. The predicted octanol–water partition coefficient (Wildman–Crippen LogP) is 9.10. The van der Waals surface area contributed by atoms with Crippen molar-refractivity contribution >= 4 is 27.7 Å². The molecule has 1 saturated heterocycles. The van der Waals surface area contributed by atoms with E-state index in [0.29, 0.717) is 64.8 Å². The number of carbonyl (C=O) groups is 1. The van der Waals surface area contributed by atoms with Crippen molar-refractivity contribution in [2.75, 3.05) is 13.2 Å². The highest BCUT2D eigenvalue weighted by Crippen LogP contribution is 2.57. The number of nitrogens with zero attached hydrogens (tertiary/aromatic N) is 9. The van der Waals surface area contributed by atoms with Gasteiger partial charge in [0.05, 0.1) is 45.8 Å². The number of rotatable bonds is 7. The van der Waals surface area contributed by atoms with E-state index in [4.69, 9.17) is 14.4 Å². The number of aromatic amines is 1. The van der Waals surface area contributed by atoms with E-state index in [1.807, 2.05) is 17.9 Å². The van der Waals surface area contributed by atoms with Crippen molar-refractivity contribution in [1.82, 2.24) is 48.3 Å². The van der Waals surface area contributed by atoms with Gasteiger partial charge < -0.3 is 14.2 Å². The van der Waals surface area contributed by atoms with Gasteiger partial charge in [-0.15, -0.1) is 0 Å². The number of benzene rings is 3. The van der Waals surface area contributed by atoms with Crippen LogP contribution in [0.25, 0.3) is 39.0 Å². The van der Waals surface area contributed by atoms with Crippen LogP contribution in [0.5, 0.6) is 0 Å². The molecule has 1 spiro atoms. The predicted molar refractivity (Wildman–Crippen MR) is 258 cm³/mol. The molecule has 2 saturated carbocycles. The second-order valence-electron chi connectivity index (χ2n) is 21.2. The molecule has 1 N–H and O–H groups in total. The molecular formula is C53H56F2N10O5. The fourth-order valence-corrected chi connectivity index (χ4v) is 12.6. The molecule has 17 heteroatoms. The fraction of sp³-hybridized carbons (Fsp3) is 0.434. The first kappa shape index (κ1) is 44.3. The summed E-state index contributed by atoms with van der Waals surface area (Å²) in [5.74, 6) is -0.806. The van der Waals surface area contributed by atoms with Gasteiger partial charge in [0, 0.05) is 54.5 Å². The molecule has 4 atom stereocenters. The molecule has 2 aliphatic carbocycles. The van der Waals surface area contributed by atoms with Crippen LogP contribution in [0.4, 0.5) is 8.78 Å². The highest BCUT2D eigenvalue weighted by atomic mass is 19.1. The van der Waals surface area contributed by atoms with Crippen molar-refractivity contribution in [3.63, 3.8) is 0 Å². The van der Waals surface area contributed by atoms with Gasteiger partial charge in [0.25, 0.3) is 5.91 Å². The van der Waals surface area contributed by atoms with Crippen LogP contribution in [0.2, 0.25) is 0 Å². The summed E-state index contributed by atoms with van der Waals surface area (Å²) >= 11 is 0. The standard InChI is InChI=1S/C53H56F2N10O5/c1-29-21-36(22-30(2)43(29)54)65-46(62-19-18-61(50(62)68)40-14-13-39-37(44(40)55)27-56-60(39)7)42-32(4)63(28-52(45(42)58-65)16-9-8-10-17-52)47(66)41-24-35-23-33(34-15-20-69-51(5,6)26-34)11-12-38(35)64(41)53(25-31(53)3)48-57-49(67)70-59-48/h11-14,18-19,21-24,27,31-32,34H,8-10,15-17,20,25-26,28H2,1-7H3,(H,57,59,67)/t31-,32-,34-,53-/m0/s1. The molecule has 7 heterocycles. The van der Waals surface area contributed by atoms with Crippen LogP contribution in [-0.2, 0) is 22.7 Å². The van der Waals surface area contributed by atoms with E-state index in [2.05, 4.69) is 58.8 Å². The second kappa shape index (κ2) is 15.6. The number of aryl methyl sites for hydroxylation is 3. The minimum atomic E-state index is -0.869. The molecule has 0 unspecified atom stereocenters. The Morgan fingerprint density at radius 1 is 0.900 bits per heavy atom. The van der Waals surface area contributed by atoms with Crippen LogP contribution in [0.15, 0.2) is 81.2 Å². The van der Waals surface area contributed by atoms with E-state index in [0.717, 1.165) is 61.5 Å². The van der Waals surface area contributed by atoms with Gasteiger partial charge >= 0.3 is 11.4 Å². The maximum Gasteiger partial charge on any atom is 0.438 e. The molecule has 3 fully saturated rings. The molecule has 15 nitrogen and oxygen atoms in total. The number of ether oxygens (including phenoxy) is 1. The van der Waals surface area contributed by atoms with Crippen LogP contribution in [-0.4, -0.2) is 73.0 Å². The molecule has 362 valence electrons. The summed E-state index contributed by atoms with van der Waals surface area (Å²) in [4.78, 5) is 48.6. The molecule has 3 aromatic carbocycles. The fourth-order valence-electron chi connectivity index (χ4n) is 12.6. The molecule has 1 amide bonds. The molecule has 2 aliphatic heterocycles. The van der Waals surface area contributed by atoms with Gasteiger partial charge in [-0.2, -0.15) is 10.2 Å². The Labute approximate surface area is 401 Å². The number of nitrogens with one attached hydrogen (secondary N) is 1. The summed E-state index contributed by atoms with van der Waals surface area (Å²) < 4.78 is 51.1. The van der Waals surface area contributed by atoms with Crippen LogP contribution in [0, 0.1) is 31.4 Å². The Balaban J connectivity index is 1.06. The second-order valence-corrected chi connectivity index (χ2v) is 21.2. The number of carbonyl (C=O) groups excluding carboxylic acids is 1. The zero-order chi connectivity index (χ0) is 48.8. The molecule has 4 aliphatic rings. The SMILES string of the molecule is Cc1cc(-n2nc3c(c2-n2ccn(-c4ccc5c(cnn5C)c4F)c2=O)[C@H](C)N(C(=O)c2cc4cc([C@H]5CCOC(C)(C)C5)ccc4n2[C@@]2(c4noc(=O)[nH]4)C[C@@H]2C)CC32CCCCC2)cc(C)c1F. The third-order valence-corrected chi connectivity index (χ3v) is 16.3. The quantitative estimate of drug-likeness (QED) is 0.166. The number of halogens is 2. The molecule has 0 radical (unpaired) electrons. The number of H-pyrrole nitrogens is 1. The molecular weight excluding hydrogens is 895 g/mol. The first-order valence-corrected chi connectivity index (χ1v) is 24.5. The topological polar surface area (TPSA) is 156 Å². The van der Waals surface area contributed by atoms with Crippen LogP contribution in [0.3, 0.4) is 0 Å². The van der Waals surface area contributed by atoms with E-state index in [9.17, 15) is 4.79 Å². The molecule has 5 aromatic heterocycles. The van der Waals surface area contributed by atoms with Crippen molar-refractivity contribution in [1.29, 1.82) is 0 Å². The minimum absolute atomic E-state index is 0.00601. The first-order valence-electron chi connectivity index (χ1n) is 24.5. The number of hydrogen-bond acceptors (Lipinski definition) is 8. The van der Waals surface area contributed by atoms with Gasteiger partial charge in [-0.3, -0.25) is 28.1 Å². The monoisotopic (exact) mass is 950 g/mol. The molecule has 0 bridgehead atoms. The maximum atomic E-state index is 16.4. The molecule has 70 heavy (non-hydrogen) atoms. The van der Waals surface area contributed by atoms with Gasteiger partial charge in [-0.05, 0) is 138 Å². The van der Waals surface area contributed by atoms with E-state index in [-0.39, 0.29) is 40.2 Å². The largest absolute Gasteiger partial charge is 0.438 e. The van der Waals surface area contributed by atoms with Crippen LogP contribution >= 0.6 is 0 Å². The van der Waals surface area contributed by atoms with Crippen molar-refractivity contribution in [2.45, 2.75) is 121 Å². The van der Waals surface area contributed by atoms with Gasteiger partial charge in [-0.1, -0.05) is 37.4 Å². The van der Waals surface area contributed by atoms with Crippen molar-refractivity contribution in [2.24, 2.45) is 13.0 Å². The van der Waals surface area contributed by atoms with Gasteiger partial charge in [0.2, 0.25) is 0 Å². The summed E-state index contributed by atoms with van der Waals surface area (Å²) in [5, 5.41) is 15.1. The van der Waals surface area contributed by atoms with Gasteiger partial charge in [0.15, 0.2) is 11.6 Å². The lowest BCUT2D eigenvalue weighted by Gasteiger charge is -2.47.